The van der Waals surface area contributed by atoms with E-state index in [0.717, 1.165) is 0 Å². The summed E-state index contributed by atoms with van der Waals surface area (Å²) in [6, 6.07) is 7.21. The van der Waals surface area contributed by atoms with Crippen molar-refractivity contribution in [3.63, 3.8) is 0 Å². The molecule has 3 N–H and O–H groups in total. The van der Waals surface area contributed by atoms with Gasteiger partial charge in [0.25, 0.3) is 0 Å². The molecule has 0 fully saturated rings. The van der Waals surface area contributed by atoms with E-state index in [9.17, 15) is 4.79 Å². The van der Waals surface area contributed by atoms with Crippen LogP contribution in [0.3, 0.4) is 0 Å². The molecule has 0 aromatic heterocycles. The van der Waals surface area contributed by atoms with Gasteiger partial charge in [-0.15, -0.1) is 0 Å². The molecule has 0 saturated carbocycles. The fourth-order valence-electron chi connectivity index (χ4n) is 1.52. The highest BCUT2D eigenvalue weighted by Gasteiger charge is 2.04. The van der Waals surface area contributed by atoms with Crippen LogP contribution in [0.5, 0.6) is 0 Å². The molecule has 0 aliphatic rings. The molecule has 0 unspecified atom stereocenters. The molecule has 5 nitrogen and oxygen atoms in total. The molecule has 0 saturated heterocycles. The molecule has 1 aromatic rings. The third kappa shape index (κ3) is 6.79. The number of hydrogen-bond donors (Lipinski definition) is 2. The van der Waals surface area contributed by atoms with Crippen LogP contribution in [-0.2, 0) is 14.3 Å². The van der Waals surface area contributed by atoms with Gasteiger partial charge in [-0.05, 0) is 25.5 Å². The van der Waals surface area contributed by atoms with E-state index in [1.165, 1.54) is 0 Å². The quantitative estimate of drug-likeness (QED) is 0.530. The first kappa shape index (κ1) is 15.5. The van der Waals surface area contributed by atoms with Gasteiger partial charge in [0.15, 0.2) is 0 Å². The highest BCUT2D eigenvalue weighted by Crippen LogP contribution is 2.16. The van der Waals surface area contributed by atoms with Crippen LogP contribution < -0.4 is 11.1 Å². The molecule has 0 heterocycles. The largest absolute Gasteiger partial charge is 0.397 e. The minimum absolute atomic E-state index is 0.0497. The Morgan fingerprint density at radius 2 is 1.95 bits per heavy atom. The van der Waals surface area contributed by atoms with Gasteiger partial charge in [0.05, 0.1) is 24.6 Å². The SMILES string of the molecule is CCOCCOCCCC(=O)Nc1ccccc1N. The van der Waals surface area contributed by atoms with E-state index in [-0.39, 0.29) is 5.91 Å². The molecule has 5 heteroatoms. The van der Waals surface area contributed by atoms with Gasteiger partial charge in [0.2, 0.25) is 5.91 Å². The number of carbonyl (C=O) groups excluding carboxylic acids is 1. The summed E-state index contributed by atoms with van der Waals surface area (Å²) in [5.41, 5.74) is 6.97. The van der Waals surface area contributed by atoms with Gasteiger partial charge in [-0.2, -0.15) is 0 Å². The number of amides is 1. The molecule has 106 valence electrons. The number of nitrogens with two attached hydrogens (primary N) is 1. The van der Waals surface area contributed by atoms with Crippen molar-refractivity contribution in [2.75, 3.05) is 37.5 Å². The lowest BCUT2D eigenvalue weighted by molar-refractivity contribution is -0.116. The Balaban J connectivity index is 2.10. The monoisotopic (exact) mass is 266 g/mol. The average Bonchev–Trinajstić information content (AvgIpc) is 2.40. The van der Waals surface area contributed by atoms with Gasteiger partial charge >= 0.3 is 0 Å². The van der Waals surface area contributed by atoms with Crippen molar-refractivity contribution in [2.45, 2.75) is 19.8 Å². The predicted octanol–water partition coefficient (Wildman–Crippen LogP) is 2.04. The van der Waals surface area contributed by atoms with E-state index in [4.69, 9.17) is 15.2 Å². The molecule has 1 aromatic carbocycles. The number of para-hydroxylation sites is 2. The highest BCUT2D eigenvalue weighted by atomic mass is 16.5. The normalized spacial score (nSPS) is 10.4. The van der Waals surface area contributed by atoms with Gasteiger partial charge in [0.1, 0.15) is 0 Å². The lowest BCUT2D eigenvalue weighted by Crippen LogP contribution is -2.14. The minimum atomic E-state index is -0.0497. The fraction of sp³-hybridized carbons (Fsp3) is 0.500. The molecule has 0 aliphatic carbocycles. The number of hydrogen-bond acceptors (Lipinski definition) is 4. The third-order valence-electron chi connectivity index (χ3n) is 2.50. The Labute approximate surface area is 114 Å². The van der Waals surface area contributed by atoms with Crippen LogP contribution in [0.2, 0.25) is 0 Å². The first-order chi connectivity index (χ1) is 9.24. The Morgan fingerprint density at radius 1 is 1.21 bits per heavy atom. The van der Waals surface area contributed by atoms with Gasteiger partial charge < -0.3 is 20.5 Å². The summed E-state index contributed by atoms with van der Waals surface area (Å²) in [6.45, 7) is 4.37. The Bertz CT molecular complexity index is 383. The summed E-state index contributed by atoms with van der Waals surface area (Å²) in [5, 5.41) is 2.78. The second-order valence-electron chi connectivity index (χ2n) is 4.05. The Morgan fingerprint density at radius 3 is 2.68 bits per heavy atom. The molecule has 0 atom stereocenters. The van der Waals surface area contributed by atoms with E-state index < -0.39 is 0 Å². The predicted molar refractivity (Wildman–Crippen MR) is 76.0 cm³/mol. The van der Waals surface area contributed by atoms with Crippen molar-refractivity contribution in [1.29, 1.82) is 0 Å². The van der Waals surface area contributed by atoms with E-state index in [1.807, 2.05) is 19.1 Å². The number of ether oxygens (including phenoxy) is 2. The molecule has 1 rings (SSSR count). The van der Waals surface area contributed by atoms with Crippen LogP contribution in [0.1, 0.15) is 19.8 Å². The van der Waals surface area contributed by atoms with Crippen molar-refractivity contribution < 1.29 is 14.3 Å². The number of carbonyl (C=O) groups is 1. The molecular weight excluding hydrogens is 244 g/mol. The van der Waals surface area contributed by atoms with Gasteiger partial charge in [-0.25, -0.2) is 0 Å². The Hall–Kier alpha value is -1.59. The maximum absolute atomic E-state index is 11.7. The maximum Gasteiger partial charge on any atom is 0.224 e. The first-order valence-corrected chi connectivity index (χ1v) is 6.54. The number of benzene rings is 1. The lowest BCUT2D eigenvalue weighted by atomic mass is 10.2. The molecule has 0 radical (unpaired) electrons. The molecular formula is C14H22N2O3. The second kappa shape index (κ2) is 9.35. The average molecular weight is 266 g/mol. The number of rotatable bonds is 9. The zero-order valence-corrected chi connectivity index (χ0v) is 11.4. The van der Waals surface area contributed by atoms with Crippen molar-refractivity contribution in [2.24, 2.45) is 0 Å². The second-order valence-corrected chi connectivity index (χ2v) is 4.05. The number of nitrogen functional groups attached to an aromatic ring is 1. The van der Waals surface area contributed by atoms with E-state index >= 15 is 0 Å². The van der Waals surface area contributed by atoms with Crippen molar-refractivity contribution in [3.8, 4) is 0 Å². The van der Waals surface area contributed by atoms with Gasteiger partial charge in [0, 0.05) is 19.6 Å². The lowest BCUT2D eigenvalue weighted by Gasteiger charge is -2.08. The summed E-state index contributed by atoms with van der Waals surface area (Å²) in [7, 11) is 0. The highest BCUT2D eigenvalue weighted by molar-refractivity contribution is 5.93. The smallest absolute Gasteiger partial charge is 0.224 e. The van der Waals surface area contributed by atoms with E-state index in [2.05, 4.69) is 5.32 Å². The van der Waals surface area contributed by atoms with Gasteiger partial charge in [-0.3, -0.25) is 4.79 Å². The summed E-state index contributed by atoms with van der Waals surface area (Å²) in [4.78, 5) is 11.7. The molecule has 0 spiro atoms. The first-order valence-electron chi connectivity index (χ1n) is 6.54. The molecule has 0 aliphatic heterocycles. The van der Waals surface area contributed by atoms with E-state index in [1.54, 1.807) is 12.1 Å². The maximum atomic E-state index is 11.7. The van der Waals surface area contributed by atoms with Gasteiger partial charge in [-0.1, -0.05) is 12.1 Å². The summed E-state index contributed by atoms with van der Waals surface area (Å²) in [6.07, 6.45) is 1.10. The zero-order chi connectivity index (χ0) is 13.9. The van der Waals surface area contributed by atoms with Crippen molar-refractivity contribution in [1.82, 2.24) is 0 Å². The third-order valence-corrected chi connectivity index (χ3v) is 2.50. The number of nitrogens with one attached hydrogen (secondary N) is 1. The van der Waals surface area contributed by atoms with Crippen LogP contribution in [0.25, 0.3) is 0 Å². The van der Waals surface area contributed by atoms with Crippen LogP contribution in [0, 0.1) is 0 Å². The van der Waals surface area contributed by atoms with E-state index in [0.29, 0.717) is 50.6 Å². The Kier molecular flexibility index (Phi) is 7.62. The van der Waals surface area contributed by atoms with Crippen LogP contribution in [0.4, 0.5) is 11.4 Å². The summed E-state index contributed by atoms with van der Waals surface area (Å²) in [5.74, 6) is -0.0497. The molecule has 1 amide bonds. The topological polar surface area (TPSA) is 73.6 Å². The minimum Gasteiger partial charge on any atom is -0.397 e. The van der Waals surface area contributed by atoms with Crippen molar-refractivity contribution in [3.05, 3.63) is 24.3 Å². The van der Waals surface area contributed by atoms with Crippen LogP contribution in [-0.4, -0.2) is 32.3 Å². The zero-order valence-electron chi connectivity index (χ0n) is 11.4. The molecule has 19 heavy (non-hydrogen) atoms. The van der Waals surface area contributed by atoms with Crippen molar-refractivity contribution >= 4 is 17.3 Å². The summed E-state index contributed by atoms with van der Waals surface area (Å²) >= 11 is 0. The summed E-state index contributed by atoms with van der Waals surface area (Å²) < 4.78 is 10.5. The number of anilines is 2. The van der Waals surface area contributed by atoms with Crippen LogP contribution >= 0.6 is 0 Å². The van der Waals surface area contributed by atoms with Crippen LogP contribution in [0.15, 0.2) is 24.3 Å². The fourth-order valence-corrected chi connectivity index (χ4v) is 1.52. The standard InChI is InChI=1S/C14H22N2O3/c1-2-18-10-11-19-9-5-8-14(17)16-13-7-4-3-6-12(13)15/h3-4,6-7H,2,5,8-11,15H2,1H3,(H,16,17). The molecule has 0 bridgehead atoms.